The van der Waals surface area contributed by atoms with Crippen LogP contribution in [0.25, 0.3) is 0 Å². The number of alkyl halides is 2. The van der Waals surface area contributed by atoms with Gasteiger partial charge in [-0.25, -0.2) is 0 Å². The van der Waals surface area contributed by atoms with Gasteiger partial charge in [-0.05, 0) is 37.6 Å². The second-order valence-corrected chi connectivity index (χ2v) is 9.04. The molecule has 0 radical (unpaired) electrons. The number of allylic oxidation sites excluding steroid dienone is 2. The number of carbonyl (C=O) groups excluding carboxylic acids is 1. The SMILES string of the molecule is CC1=CC(=NOS(=O)(=O)c2ccccc2)C(Br)C(C)(Br)C1=O. The van der Waals surface area contributed by atoms with Gasteiger partial charge in [0.1, 0.15) is 9.22 Å². The predicted molar refractivity (Wildman–Crippen MR) is 91.0 cm³/mol. The lowest BCUT2D eigenvalue weighted by Crippen LogP contribution is -2.45. The van der Waals surface area contributed by atoms with Crippen molar-refractivity contribution in [3.8, 4) is 0 Å². The van der Waals surface area contributed by atoms with E-state index in [1.807, 2.05) is 0 Å². The standard InChI is InChI=1S/C14H13Br2NO4S/c1-9-8-11(12(15)14(2,16)13(9)18)17-21-22(19,20)10-6-4-3-5-7-10/h3-8,12H,1-2H3. The first-order valence-corrected chi connectivity index (χ1v) is 9.40. The topological polar surface area (TPSA) is 72.8 Å². The molecule has 5 nitrogen and oxygen atoms in total. The van der Waals surface area contributed by atoms with Crippen LogP contribution in [0.15, 0.2) is 52.0 Å². The van der Waals surface area contributed by atoms with Crippen LogP contribution in [0.2, 0.25) is 0 Å². The van der Waals surface area contributed by atoms with Crippen LogP contribution in [-0.2, 0) is 19.2 Å². The van der Waals surface area contributed by atoms with E-state index in [0.717, 1.165) is 0 Å². The maximum atomic E-state index is 12.1. The molecule has 0 saturated heterocycles. The number of ketones is 1. The van der Waals surface area contributed by atoms with Crippen LogP contribution in [0.1, 0.15) is 13.8 Å². The van der Waals surface area contributed by atoms with Gasteiger partial charge in [0.05, 0.1) is 10.5 Å². The molecular formula is C14H13Br2NO4S. The predicted octanol–water partition coefficient (Wildman–Crippen LogP) is 3.19. The molecule has 1 aliphatic rings. The van der Waals surface area contributed by atoms with Crippen molar-refractivity contribution in [3.63, 3.8) is 0 Å². The van der Waals surface area contributed by atoms with Crippen LogP contribution in [0.5, 0.6) is 0 Å². The largest absolute Gasteiger partial charge is 0.358 e. The molecule has 2 rings (SSSR count). The third kappa shape index (κ3) is 3.33. The average molecular weight is 451 g/mol. The van der Waals surface area contributed by atoms with Crippen molar-refractivity contribution in [2.45, 2.75) is 27.9 Å². The lowest BCUT2D eigenvalue weighted by molar-refractivity contribution is -0.117. The minimum Gasteiger partial charge on any atom is -0.293 e. The summed E-state index contributed by atoms with van der Waals surface area (Å²) in [5.41, 5.74) is 0.783. The van der Waals surface area contributed by atoms with Gasteiger partial charge in [0.25, 0.3) is 0 Å². The van der Waals surface area contributed by atoms with Crippen LogP contribution in [0.3, 0.4) is 0 Å². The number of carbonyl (C=O) groups is 1. The molecule has 0 amide bonds. The molecule has 0 saturated carbocycles. The van der Waals surface area contributed by atoms with Crippen molar-refractivity contribution >= 4 is 53.5 Å². The highest BCUT2D eigenvalue weighted by Gasteiger charge is 2.44. The first kappa shape index (κ1) is 17.4. The molecule has 0 bridgehead atoms. The Morgan fingerprint density at radius 1 is 1.27 bits per heavy atom. The van der Waals surface area contributed by atoms with Gasteiger partial charge < -0.3 is 0 Å². The van der Waals surface area contributed by atoms with Crippen molar-refractivity contribution in [3.05, 3.63) is 42.0 Å². The molecule has 22 heavy (non-hydrogen) atoms. The highest BCUT2D eigenvalue weighted by molar-refractivity contribution is 9.13. The first-order valence-electron chi connectivity index (χ1n) is 6.29. The molecule has 118 valence electrons. The van der Waals surface area contributed by atoms with Crippen LogP contribution in [0, 0.1) is 0 Å². The molecule has 0 heterocycles. The number of rotatable bonds is 3. The molecule has 1 aromatic carbocycles. The molecule has 0 fully saturated rings. The minimum absolute atomic E-state index is 0.0136. The number of oxime groups is 1. The molecule has 0 aromatic heterocycles. The third-order valence-electron chi connectivity index (χ3n) is 3.17. The highest BCUT2D eigenvalue weighted by Crippen LogP contribution is 2.36. The summed E-state index contributed by atoms with van der Waals surface area (Å²) in [6.07, 6.45) is 1.51. The van der Waals surface area contributed by atoms with Gasteiger partial charge in [-0.3, -0.25) is 9.08 Å². The summed E-state index contributed by atoms with van der Waals surface area (Å²) >= 11 is 6.70. The van der Waals surface area contributed by atoms with Crippen LogP contribution >= 0.6 is 31.9 Å². The maximum Gasteiger partial charge on any atom is 0.358 e. The third-order valence-corrected chi connectivity index (χ3v) is 7.11. The lowest BCUT2D eigenvalue weighted by Gasteiger charge is -2.30. The Bertz CT molecular complexity index is 754. The number of hydrogen-bond acceptors (Lipinski definition) is 5. The Kier molecular flexibility index (Phi) is 4.93. The molecule has 0 spiro atoms. The summed E-state index contributed by atoms with van der Waals surface area (Å²) in [7, 11) is -3.99. The van der Waals surface area contributed by atoms with E-state index in [9.17, 15) is 13.2 Å². The fourth-order valence-electron chi connectivity index (χ4n) is 1.93. The first-order chi connectivity index (χ1) is 10.2. The zero-order valence-corrected chi connectivity index (χ0v) is 15.8. The minimum atomic E-state index is -3.99. The van der Waals surface area contributed by atoms with E-state index in [2.05, 4.69) is 37.0 Å². The second kappa shape index (κ2) is 6.25. The van der Waals surface area contributed by atoms with Gasteiger partial charge in [-0.15, -0.1) is 0 Å². The Morgan fingerprint density at radius 2 is 1.86 bits per heavy atom. The summed E-state index contributed by atoms with van der Waals surface area (Å²) in [6.45, 7) is 3.33. The Labute approximate surface area is 145 Å². The summed E-state index contributed by atoms with van der Waals surface area (Å²) in [5.74, 6) is -0.0979. The number of hydrogen-bond donors (Lipinski definition) is 0. The average Bonchev–Trinajstić information content (AvgIpc) is 2.49. The van der Waals surface area contributed by atoms with Gasteiger partial charge >= 0.3 is 10.1 Å². The van der Waals surface area contributed by atoms with E-state index in [4.69, 9.17) is 4.28 Å². The normalized spacial score (nSPS) is 27.6. The summed E-state index contributed by atoms with van der Waals surface area (Å²) in [4.78, 5) is 11.6. The molecular weight excluding hydrogens is 438 g/mol. The fourth-order valence-corrected chi connectivity index (χ4v) is 3.67. The van der Waals surface area contributed by atoms with E-state index in [1.165, 1.54) is 18.2 Å². The van der Waals surface area contributed by atoms with Crippen molar-refractivity contribution in [1.29, 1.82) is 0 Å². The molecule has 0 aliphatic heterocycles. The van der Waals surface area contributed by atoms with Crippen LogP contribution in [-0.4, -0.2) is 29.1 Å². The van der Waals surface area contributed by atoms with Crippen molar-refractivity contribution in [2.24, 2.45) is 5.16 Å². The zero-order valence-electron chi connectivity index (χ0n) is 11.8. The quantitative estimate of drug-likeness (QED) is 0.523. The smallest absolute Gasteiger partial charge is 0.293 e. The zero-order chi connectivity index (χ0) is 16.5. The van der Waals surface area contributed by atoms with Gasteiger partial charge in [-0.1, -0.05) is 55.2 Å². The van der Waals surface area contributed by atoms with Gasteiger partial charge in [-0.2, -0.15) is 8.42 Å². The van der Waals surface area contributed by atoms with Gasteiger partial charge in [0.15, 0.2) is 5.78 Å². The summed E-state index contributed by atoms with van der Waals surface area (Å²) in [6, 6.07) is 7.72. The number of benzene rings is 1. The van der Waals surface area contributed by atoms with Gasteiger partial charge in [0.2, 0.25) is 0 Å². The Hall–Kier alpha value is -0.990. The van der Waals surface area contributed by atoms with E-state index in [-0.39, 0.29) is 10.7 Å². The van der Waals surface area contributed by atoms with Gasteiger partial charge in [0, 0.05) is 0 Å². The number of nitrogens with zero attached hydrogens (tertiary/aromatic N) is 1. The monoisotopic (exact) mass is 449 g/mol. The van der Waals surface area contributed by atoms with E-state index >= 15 is 0 Å². The highest BCUT2D eigenvalue weighted by atomic mass is 79.9. The molecule has 1 aliphatic carbocycles. The molecule has 1 aromatic rings. The fraction of sp³-hybridized carbons (Fsp3) is 0.286. The molecule has 8 heteroatoms. The Balaban J connectivity index is 2.33. The van der Waals surface area contributed by atoms with Crippen molar-refractivity contribution in [1.82, 2.24) is 0 Å². The van der Waals surface area contributed by atoms with E-state index in [0.29, 0.717) is 11.3 Å². The van der Waals surface area contributed by atoms with E-state index in [1.54, 1.807) is 32.0 Å². The number of halogens is 2. The molecule has 2 atom stereocenters. The maximum absolute atomic E-state index is 12.1. The molecule has 2 unspecified atom stereocenters. The number of Topliss-reactive ketones (excluding diaryl/α,β-unsaturated/α-hetero) is 1. The Morgan fingerprint density at radius 3 is 2.45 bits per heavy atom. The van der Waals surface area contributed by atoms with Crippen molar-refractivity contribution < 1.29 is 17.5 Å². The lowest BCUT2D eigenvalue weighted by atomic mass is 9.88. The van der Waals surface area contributed by atoms with E-state index < -0.39 is 19.3 Å². The van der Waals surface area contributed by atoms with Crippen LogP contribution < -0.4 is 0 Å². The van der Waals surface area contributed by atoms with Crippen molar-refractivity contribution in [2.75, 3.05) is 0 Å². The van der Waals surface area contributed by atoms with Crippen LogP contribution in [0.4, 0.5) is 0 Å². The molecule has 0 N–H and O–H groups in total. The summed E-state index contributed by atoms with van der Waals surface area (Å²) in [5, 5.41) is 3.72. The second-order valence-electron chi connectivity index (χ2n) is 4.95. The summed E-state index contributed by atoms with van der Waals surface area (Å²) < 4.78 is 27.9.